The molecule has 3 rings (SSSR count). The maximum Gasteiger partial charge on any atom is 0.250 e. The number of nitrogens with one attached hydrogen (secondary N) is 1. The van der Waals surface area contributed by atoms with E-state index in [-0.39, 0.29) is 5.91 Å². The van der Waals surface area contributed by atoms with E-state index in [0.717, 1.165) is 23.5 Å². The third-order valence-electron chi connectivity index (χ3n) is 4.11. The smallest absolute Gasteiger partial charge is 0.250 e. The maximum absolute atomic E-state index is 12.0. The Morgan fingerprint density at radius 1 is 1.22 bits per heavy atom. The molecule has 120 valence electrons. The van der Waals surface area contributed by atoms with Crippen molar-refractivity contribution in [1.82, 2.24) is 4.98 Å². The van der Waals surface area contributed by atoms with Crippen molar-refractivity contribution in [2.24, 2.45) is 0 Å². The largest absolute Gasteiger partial charge is 0.298 e. The van der Waals surface area contributed by atoms with E-state index in [9.17, 15) is 4.79 Å². The highest BCUT2D eigenvalue weighted by Crippen LogP contribution is 2.29. The SMILES string of the molecule is CC(C)c1ccc(/C=C/C(=O)Nc2nc3c(s2)CCCC3)cc1. The van der Waals surface area contributed by atoms with Gasteiger partial charge < -0.3 is 0 Å². The van der Waals surface area contributed by atoms with E-state index in [4.69, 9.17) is 0 Å². The van der Waals surface area contributed by atoms with Crippen LogP contribution in [0, 0.1) is 0 Å². The summed E-state index contributed by atoms with van der Waals surface area (Å²) in [4.78, 5) is 17.9. The minimum atomic E-state index is -0.121. The number of benzene rings is 1. The number of aromatic nitrogens is 1. The van der Waals surface area contributed by atoms with Crippen LogP contribution < -0.4 is 5.32 Å². The van der Waals surface area contributed by atoms with E-state index in [1.54, 1.807) is 17.4 Å². The minimum Gasteiger partial charge on any atom is -0.298 e. The first kappa shape index (κ1) is 15.9. The van der Waals surface area contributed by atoms with Crippen LogP contribution in [-0.2, 0) is 17.6 Å². The van der Waals surface area contributed by atoms with Crippen LogP contribution in [0.15, 0.2) is 30.3 Å². The molecule has 1 aromatic heterocycles. The predicted octanol–water partition coefficient (Wildman–Crippen LogP) is 4.80. The lowest BCUT2D eigenvalue weighted by Gasteiger charge is -2.06. The summed E-state index contributed by atoms with van der Waals surface area (Å²) in [6.45, 7) is 4.35. The number of carbonyl (C=O) groups excluding carboxylic acids is 1. The van der Waals surface area contributed by atoms with E-state index >= 15 is 0 Å². The van der Waals surface area contributed by atoms with Gasteiger partial charge in [0, 0.05) is 11.0 Å². The van der Waals surface area contributed by atoms with Gasteiger partial charge in [-0.2, -0.15) is 0 Å². The lowest BCUT2D eigenvalue weighted by Crippen LogP contribution is -2.07. The molecule has 1 amide bonds. The Morgan fingerprint density at radius 2 is 1.96 bits per heavy atom. The third-order valence-corrected chi connectivity index (χ3v) is 5.18. The van der Waals surface area contributed by atoms with E-state index < -0.39 is 0 Å². The highest BCUT2D eigenvalue weighted by Gasteiger charge is 2.15. The Hall–Kier alpha value is -1.94. The van der Waals surface area contributed by atoms with Gasteiger partial charge in [-0.1, -0.05) is 38.1 Å². The number of amides is 1. The molecular weight excluding hydrogens is 304 g/mol. The predicted molar refractivity (Wildman–Crippen MR) is 97.0 cm³/mol. The Morgan fingerprint density at radius 3 is 2.65 bits per heavy atom. The van der Waals surface area contributed by atoms with Gasteiger partial charge in [-0.05, 0) is 48.8 Å². The number of anilines is 1. The maximum atomic E-state index is 12.0. The molecule has 1 N–H and O–H groups in total. The lowest BCUT2D eigenvalue weighted by molar-refractivity contribution is -0.111. The molecule has 2 aromatic rings. The number of thiazole rings is 1. The van der Waals surface area contributed by atoms with E-state index in [1.165, 1.54) is 29.0 Å². The second-order valence-corrected chi connectivity index (χ2v) is 7.32. The third kappa shape index (κ3) is 4.08. The average molecular weight is 326 g/mol. The van der Waals surface area contributed by atoms with Crippen LogP contribution in [0.4, 0.5) is 5.13 Å². The zero-order valence-electron chi connectivity index (χ0n) is 13.6. The van der Waals surface area contributed by atoms with Crippen LogP contribution in [0.5, 0.6) is 0 Å². The van der Waals surface area contributed by atoms with Crippen molar-refractivity contribution in [3.05, 3.63) is 52.0 Å². The number of hydrogen-bond donors (Lipinski definition) is 1. The first-order valence-electron chi connectivity index (χ1n) is 8.19. The fourth-order valence-electron chi connectivity index (χ4n) is 2.72. The molecule has 0 spiro atoms. The molecule has 1 aliphatic carbocycles. The zero-order valence-corrected chi connectivity index (χ0v) is 14.5. The molecule has 1 heterocycles. The Balaban J connectivity index is 1.61. The molecule has 0 atom stereocenters. The van der Waals surface area contributed by atoms with Crippen molar-refractivity contribution in [3.8, 4) is 0 Å². The molecule has 0 radical (unpaired) electrons. The summed E-state index contributed by atoms with van der Waals surface area (Å²) in [6.07, 6.45) is 7.99. The fraction of sp³-hybridized carbons (Fsp3) is 0.368. The molecule has 23 heavy (non-hydrogen) atoms. The Bertz CT molecular complexity index is 690. The zero-order chi connectivity index (χ0) is 16.2. The monoisotopic (exact) mass is 326 g/mol. The van der Waals surface area contributed by atoms with Gasteiger partial charge in [-0.15, -0.1) is 11.3 Å². The van der Waals surface area contributed by atoms with E-state index in [1.807, 2.05) is 18.2 Å². The number of rotatable bonds is 4. The van der Waals surface area contributed by atoms with Gasteiger partial charge >= 0.3 is 0 Å². The van der Waals surface area contributed by atoms with Crippen LogP contribution in [0.1, 0.15) is 54.3 Å². The first-order chi connectivity index (χ1) is 11.1. The highest BCUT2D eigenvalue weighted by atomic mass is 32.1. The first-order valence-corrected chi connectivity index (χ1v) is 9.01. The highest BCUT2D eigenvalue weighted by molar-refractivity contribution is 7.15. The molecular formula is C19H22N2OS. The molecule has 1 aliphatic rings. The van der Waals surface area contributed by atoms with Crippen LogP contribution >= 0.6 is 11.3 Å². The summed E-state index contributed by atoms with van der Waals surface area (Å²) in [5.74, 6) is 0.399. The number of aryl methyl sites for hydroxylation is 2. The van der Waals surface area contributed by atoms with Gasteiger partial charge in [0.2, 0.25) is 5.91 Å². The molecule has 4 heteroatoms. The minimum absolute atomic E-state index is 0.121. The number of fused-ring (bicyclic) bond motifs is 1. The van der Waals surface area contributed by atoms with E-state index in [0.29, 0.717) is 5.92 Å². The fourth-order valence-corrected chi connectivity index (χ4v) is 3.77. The van der Waals surface area contributed by atoms with Crippen molar-refractivity contribution in [1.29, 1.82) is 0 Å². The van der Waals surface area contributed by atoms with Crippen LogP contribution in [0.25, 0.3) is 6.08 Å². The van der Waals surface area contributed by atoms with Crippen LogP contribution in [0.3, 0.4) is 0 Å². The van der Waals surface area contributed by atoms with Crippen LogP contribution in [0.2, 0.25) is 0 Å². The molecule has 0 fully saturated rings. The van der Waals surface area contributed by atoms with Gasteiger partial charge in [0.05, 0.1) is 5.69 Å². The summed E-state index contributed by atoms with van der Waals surface area (Å²) in [7, 11) is 0. The summed E-state index contributed by atoms with van der Waals surface area (Å²) in [6, 6.07) is 8.30. The van der Waals surface area contributed by atoms with Gasteiger partial charge in [-0.25, -0.2) is 4.98 Å². The standard InChI is InChI=1S/C19H22N2OS/c1-13(2)15-10-7-14(8-11-15)9-12-18(22)21-19-20-16-5-3-4-6-17(16)23-19/h7-13H,3-6H2,1-2H3,(H,20,21,22)/b12-9+. The Labute approximate surface area is 141 Å². The molecule has 0 saturated heterocycles. The topological polar surface area (TPSA) is 42.0 Å². The van der Waals surface area contributed by atoms with Crippen molar-refractivity contribution in [2.45, 2.75) is 45.4 Å². The average Bonchev–Trinajstić information content (AvgIpc) is 2.95. The van der Waals surface area contributed by atoms with Gasteiger partial charge in [0.25, 0.3) is 0 Å². The number of nitrogens with zero attached hydrogens (tertiary/aromatic N) is 1. The second kappa shape index (κ2) is 7.09. The summed E-state index contributed by atoms with van der Waals surface area (Å²) in [5.41, 5.74) is 3.51. The van der Waals surface area contributed by atoms with Crippen molar-refractivity contribution >= 4 is 28.5 Å². The normalized spacial score (nSPS) is 14.2. The van der Waals surface area contributed by atoms with Crippen molar-refractivity contribution in [2.75, 3.05) is 5.32 Å². The molecule has 0 unspecified atom stereocenters. The Kier molecular flexibility index (Phi) is 4.91. The quantitative estimate of drug-likeness (QED) is 0.820. The molecule has 1 aromatic carbocycles. The molecule has 0 bridgehead atoms. The molecule has 3 nitrogen and oxygen atoms in total. The van der Waals surface area contributed by atoms with Crippen LogP contribution in [-0.4, -0.2) is 10.9 Å². The van der Waals surface area contributed by atoms with Gasteiger partial charge in [0.1, 0.15) is 0 Å². The molecule has 0 aliphatic heterocycles. The summed E-state index contributed by atoms with van der Waals surface area (Å²) < 4.78 is 0. The van der Waals surface area contributed by atoms with E-state index in [2.05, 4.69) is 36.3 Å². The van der Waals surface area contributed by atoms with Gasteiger partial charge in [0.15, 0.2) is 5.13 Å². The number of carbonyl (C=O) groups is 1. The molecule has 0 saturated carbocycles. The second-order valence-electron chi connectivity index (χ2n) is 6.24. The van der Waals surface area contributed by atoms with Crippen molar-refractivity contribution < 1.29 is 4.79 Å². The summed E-state index contributed by atoms with van der Waals surface area (Å²) >= 11 is 1.61. The van der Waals surface area contributed by atoms with Gasteiger partial charge in [-0.3, -0.25) is 10.1 Å². The lowest BCUT2D eigenvalue weighted by atomic mass is 10.0. The number of hydrogen-bond acceptors (Lipinski definition) is 3. The van der Waals surface area contributed by atoms with Crippen molar-refractivity contribution in [3.63, 3.8) is 0 Å². The summed E-state index contributed by atoms with van der Waals surface area (Å²) in [5, 5.41) is 3.60.